The van der Waals surface area contributed by atoms with Crippen molar-refractivity contribution in [1.82, 2.24) is 15.1 Å². The fourth-order valence-electron chi connectivity index (χ4n) is 2.25. The zero-order valence-electron chi connectivity index (χ0n) is 13.7. The van der Waals surface area contributed by atoms with E-state index < -0.39 is 0 Å². The summed E-state index contributed by atoms with van der Waals surface area (Å²) in [6.45, 7) is 14.6. The van der Waals surface area contributed by atoms with Crippen LogP contribution < -0.4 is 5.32 Å². The highest BCUT2D eigenvalue weighted by atomic mass is 15.3. The van der Waals surface area contributed by atoms with Crippen molar-refractivity contribution < 1.29 is 0 Å². The van der Waals surface area contributed by atoms with Crippen LogP contribution >= 0.6 is 0 Å². The van der Waals surface area contributed by atoms with Crippen LogP contribution in [0.15, 0.2) is 6.07 Å². The Hall–Kier alpha value is -0.830. The number of hydrogen-bond donors (Lipinski definition) is 1. The largest absolute Gasteiger partial charge is 0.314 e. The van der Waals surface area contributed by atoms with Crippen molar-refractivity contribution in [2.45, 2.75) is 60.4 Å². The van der Waals surface area contributed by atoms with E-state index in [0.717, 1.165) is 19.4 Å². The minimum atomic E-state index is 0.304. The molecule has 1 heterocycles. The summed E-state index contributed by atoms with van der Waals surface area (Å²) in [5.41, 5.74) is 2.85. The summed E-state index contributed by atoms with van der Waals surface area (Å²) < 4.78 is 2.05. The summed E-state index contributed by atoms with van der Waals surface area (Å²) >= 11 is 0. The van der Waals surface area contributed by atoms with Gasteiger partial charge in [0.05, 0.1) is 5.69 Å². The molecule has 0 aliphatic carbocycles. The molecule has 3 nitrogen and oxygen atoms in total. The van der Waals surface area contributed by atoms with Crippen LogP contribution in [0.3, 0.4) is 0 Å². The fourth-order valence-corrected chi connectivity index (χ4v) is 2.25. The van der Waals surface area contributed by atoms with Crippen LogP contribution in [-0.2, 0) is 19.9 Å². The summed E-state index contributed by atoms with van der Waals surface area (Å²) in [5, 5.41) is 8.14. The van der Waals surface area contributed by atoms with Crippen molar-refractivity contribution in [3.63, 3.8) is 0 Å². The molecule has 0 spiro atoms. The van der Waals surface area contributed by atoms with Crippen LogP contribution in [0.2, 0.25) is 0 Å². The molecular formula is C16H31N3. The smallest absolute Gasteiger partial charge is 0.0624 e. The lowest BCUT2D eigenvalue weighted by Crippen LogP contribution is -2.36. The molecule has 1 aromatic heterocycles. The first-order valence-corrected chi connectivity index (χ1v) is 7.49. The Labute approximate surface area is 118 Å². The Morgan fingerprint density at radius 3 is 2.37 bits per heavy atom. The Morgan fingerprint density at radius 1 is 1.32 bits per heavy atom. The van der Waals surface area contributed by atoms with Crippen LogP contribution in [0, 0.1) is 11.3 Å². The summed E-state index contributed by atoms with van der Waals surface area (Å²) in [4.78, 5) is 0. The topological polar surface area (TPSA) is 29.9 Å². The predicted molar refractivity (Wildman–Crippen MR) is 82.4 cm³/mol. The Morgan fingerprint density at radius 2 is 1.95 bits per heavy atom. The lowest BCUT2D eigenvalue weighted by atomic mass is 9.78. The van der Waals surface area contributed by atoms with Crippen LogP contribution in [0.5, 0.6) is 0 Å². The van der Waals surface area contributed by atoms with E-state index in [4.69, 9.17) is 0 Å². The molecule has 0 fully saturated rings. The van der Waals surface area contributed by atoms with E-state index in [1.54, 1.807) is 0 Å². The van der Waals surface area contributed by atoms with Gasteiger partial charge in [-0.1, -0.05) is 41.5 Å². The number of aromatic nitrogens is 2. The van der Waals surface area contributed by atoms with Crippen molar-refractivity contribution in [3.05, 3.63) is 17.5 Å². The van der Waals surface area contributed by atoms with Crippen LogP contribution in [-0.4, -0.2) is 22.4 Å². The number of nitrogens with one attached hydrogen (secondary N) is 1. The molecule has 110 valence electrons. The van der Waals surface area contributed by atoms with E-state index in [0.29, 0.717) is 17.4 Å². The fraction of sp³-hybridized carbons (Fsp3) is 0.812. The second-order valence-electron chi connectivity index (χ2n) is 6.93. The Bertz CT molecular complexity index is 385. The van der Waals surface area contributed by atoms with Gasteiger partial charge < -0.3 is 5.32 Å². The van der Waals surface area contributed by atoms with E-state index >= 15 is 0 Å². The van der Waals surface area contributed by atoms with Gasteiger partial charge in [-0.15, -0.1) is 0 Å². The number of hydrogen-bond acceptors (Lipinski definition) is 2. The maximum absolute atomic E-state index is 4.56. The first kappa shape index (κ1) is 16.2. The van der Waals surface area contributed by atoms with Crippen LogP contribution in [0.4, 0.5) is 0 Å². The highest BCUT2D eigenvalue weighted by Crippen LogP contribution is 2.28. The Kier molecular flexibility index (Phi) is 5.60. The van der Waals surface area contributed by atoms with Gasteiger partial charge in [0, 0.05) is 18.8 Å². The average molecular weight is 265 g/mol. The number of aryl methyl sites for hydroxylation is 2. The third-order valence-corrected chi connectivity index (χ3v) is 3.84. The minimum Gasteiger partial charge on any atom is -0.314 e. The summed E-state index contributed by atoms with van der Waals surface area (Å²) in [6.07, 6.45) is 2.10. The monoisotopic (exact) mass is 265 g/mol. The molecule has 1 aromatic rings. The first-order valence-electron chi connectivity index (χ1n) is 7.49. The van der Waals surface area contributed by atoms with Gasteiger partial charge in [0.1, 0.15) is 0 Å². The second kappa shape index (κ2) is 6.56. The highest BCUT2D eigenvalue weighted by molar-refractivity contribution is 5.11. The van der Waals surface area contributed by atoms with Crippen LogP contribution in [0.1, 0.15) is 52.9 Å². The molecule has 0 saturated heterocycles. The van der Waals surface area contributed by atoms with Gasteiger partial charge in [0.2, 0.25) is 0 Å². The minimum absolute atomic E-state index is 0.304. The molecule has 1 rings (SSSR count). The summed E-state index contributed by atoms with van der Waals surface area (Å²) in [6, 6.07) is 2.80. The van der Waals surface area contributed by atoms with E-state index in [-0.39, 0.29) is 0 Å². The molecule has 1 unspecified atom stereocenters. The van der Waals surface area contributed by atoms with E-state index in [1.807, 2.05) is 4.68 Å². The van der Waals surface area contributed by atoms with Crippen molar-refractivity contribution in [1.29, 1.82) is 0 Å². The SMILES string of the molecule is CCc1cc(CC(CNC(C)C)C(C)(C)C)n(C)n1. The lowest BCUT2D eigenvalue weighted by Gasteiger charge is -2.31. The maximum Gasteiger partial charge on any atom is 0.0624 e. The van der Waals surface area contributed by atoms with Crippen molar-refractivity contribution in [2.75, 3.05) is 6.54 Å². The molecule has 0 radical (unpaired) electrons. The van der Waals surface area contributed by atoms with Crippen LogP contribution in [0.25, 0.3) is 0 Å². The van der Waals surface area contributed by atoms with Gasteiger partial charge in [-0.05, 0) is 36.8 Å². The maximum atomic E-state index is 4.56. The quantitative estimate of drug-likeness (QED) is 0.856. The van der Waals surface area contributed by atoms with E-state index in [1.165, 1.54) is 11.4 Å². The molecule has 0 bridgehead atoms. The first-order chi connectivity index (χ1) is 8.74. The number of nitrogens with zero attached hydrogens (tertiary/aromatic N) is 2. The molecule has 0 aromatic carbocycles. The van der Waals surface area contributed by atoms with E-state index in [9.17, 15) is 0 Å². The average Bonchev–Trinajstić information content (AvgIpc) is 2.63. The standard InChI is InChI=1S/C16H31N3/c1-8-14-10-15(19(7)18-14)9-13(16(4,5)6)11-17-12(2)3/h10,12-13,17H,8-9,11H2,1-7H3. The third-order valence-electron chi connectivity index (χ3n) is 3.84. The van der Waals surface area contributed by atoms with Crippen molar-refractivity contribution in [2.24, 2.45) is 18.4 Å². The summed E-state index contributed by atoms with van der Waals surface area (Å²) in [7, 11) is 2.06. The molecule has 0 aliphatic heterocycles. The Balaban J connectivity index is 2.78. The van der Waals surface area contributed by atoms with Gasteiger partial charge in [-0.3, -0.25) is 4.68 Å². The molecule has 3 heteroatoms. The normalized spacial score (nSPS) is 14.1. The second-order valence-corrected chi connectivity index (χ2v) is 6.93. The van der Waals surface area contributed by atoms with Gasteiger partial charge in [0.15, 0.2) is 0 Å². The van der Waals surface area contributed by atoms with Gasteiger partial charge >= 0.3 is 0 Å². The number of rotatable bonds is 6. The zero-order chi connectivity index (χ0) is 14.6. The van der Waals surface area contributed by atoms with E-state index in [2.05, 4.69) is 65.1 Å². The molecule has 0 aliphatic rings. The molecule has 1 atom stereocenters. The molecule has 0 amide bonds. The summed E-state index contributed by atoms with van der Waals surface area (Å²) in [5.74, 6) is 0.620. The van der Waals surface area contributed by atoms with Crippen molar-refractivity contribution in [3.8, 4) is 0 Å². The molecular weight excluding hydrogens is 234 g/mol. The predicted octanol–water partition coefficient (Wildman–Crippen LogP) is 3.19. The van der Waals surface area contributed by atoms with Crippen molar-refractivity contribution >= 4 is 0 Å². The molecule has 19 heavy (non-hydrogen) atoms. The molecule has 1 N–H and O–H groups in total. The third kappa shape index (κ3) is 4.98. The zero-order valence-corrected chi connectivity index (χ0v) is 13.7. The van der Waals surface area contributed by atoms with Gasteiger partial charge in [-0.2, -0.15) is 5.10 Å². The lowest BCUT2D eigenvalue weighted by molar-refractivity contribution is 0.223. The molecule has 0 saturated carbocycles. The van der Waals surface area contributed by atoms with Gasteiger partial charge in [0.25, 0.3) is 0 Å². The highest BCUT2D eigenvalue weighted by Gasteiger charge is 2.26. The van der Waals surface area contributed by atoms with Gasteiger partial charge in [-0.25, -0.2) is 0 Å².